The van der Waals surface area contributed by atoms with Gasteiger partial charge in [0.05, 0.1) is 6.61 Å². The summed E-state index contributed by atoms with van der Waals surface area (Å²) in [7, 11) is 0. The molecule has 0 aliphatic heterocycles. The molecular weight excluding hydrogens is 374 g/mol. The summed E-state index contributed by atoms with van der Waals surface area (Å²) in [5.74, 6) is -1.46. The van der Waals surface area contributed by atoms with E-state index >= 15 is 0 Å². The van der Waals surface area contributed by atoms with Crippen LogP contribution in [0.25, 0.3) is 0 Å². The number of primary amides is 1. The van der Waals surface area contributed by atoms with Gasteiger partial charge in [-0.25, -0.2) is 4.79 Å². The maximum atomic E-state index is 12.4. The number of aliphatic hydroxyl groups excluding tert-OH is 1. The maximum absolute atomic E-state index is 12.4. The molecule has 2 atom stereocenters. The SMILES string of the molecule is Cc1ccc(C[C@@H](NC(=O)[C@H](CO)NC(=O)OCc2ccccc2)C(N)=O)cc1. The molecule has 2 aromatic rings. The molecule has 154 valence electrons. The molecular formula is C21H25N3O5. The summed E-state index contributed by atoms with van der Waals surface area (Å²) in [6.45, 7) is 1.29. The predicted molar refractivity (Wildman–Crippen MR) is 107 cm³/mol. The number of carbonyl (C=O) groups excluding carboxylic acids is 3. The van der Waals surface area contributed by atoms with Gasteiger partial charge in [-0.05, 0) is 18.1 Å². The molecule has 0 bridgehead atoms. The number of aryl methyl sites for hydroxylation is 1. The van der Waals surface area contributed by atoms with Crippen LogP contribution < -0.4 is 16.4 Å². The van der Waals surface area contributed by atoms with Gasteiger partial charge < -0.3 is 26.2 Å². The Kier molecular flexibility index (Phi) is 8.17. The normalized spacial score (nSPS) is 12.5. The highest BCUT2D eigenvalue weighted by Gasteiger charge is 2.25. The van der Waals surface area contributed by atoms with Crippen LogP contribution in [0.2, 0.25) is 0 Å². The molecule has 0 aliphatic carbocycles. The summed E-state index contributed by atoms with van der Waals surface area (Å²) >= 11 is 0. The molecule has 8 heteroatoms. The average Bonchev–Trinajstić information content (AvgIpc) is 2.72. The maximum Gasteiger partial charge on any atom is 0.408 e. The van der Waals surface area contributed by atoms with Crippen LogP contribution in [-0.4, -0.2) is 41.7 Å². The number of nitrogens with one attached hydrogen (secondary N) is 2. The van der Waals surface area contributed by atoms with E-state index in [0.717, 1.165) is 16.7 Å². The lowest BCUT2D eigenvalue weighted by atomic mass is 10.0. The molecule has 0 heterocycles. The number of rotatable bonds is 9. The van der Waals surface area contributed by atoms with Gasteiger partial charge in [0.15, 0.2) is 0 Å². The third-order valence-corrected chi connectivity index (χ3v) is 4.22. The summed E-state index contributed by atoms with van der Waals surface area (Å²) in [6.07, 6.45) is -0.671. The molecule has 0 radical (unpaired) electrons. The van der Waals surface area contributed by atoms with Gasteiger partial charge in [-0.2, -0.15) is 0 Å². The Morgan fingerprint density at radius 1 is 0.966 bits per heavy atom. The second-order valence-corrected chi connectivity index (χ2v) is 6.59. The highest BCUT2D eigenvalue weighted by molar-refractivity contribution is 5.90. The van der Waals surface area contributed by atoms with Gasteiger partial charge in [-0.3, -0.25) is 9.59 Å². The zero-order chi connectivity index (χ0) is 21.2. The van der Waals surface area contributed by atoms with E-state index in [2.05, 4.69) is 10.6 Å². The van der Waals surface area contributed by atoms with Gasteiger partial charge in [0.1, 0.15) is 18.7 Å². The van der Waals surface area contributed by atoms with Crippen molar-refractivity contribution in [3.8, 4) is 0 Å². The van der Waals surface area contributed by atoms with E-state index in [0.29, 0.717) is 0 Å². The number of aliphatic hydroxyl groups is 1. The first-order valence-corrected chi connectivity index (χ1v) is 9.12. The minimum Gasteiger partial charge on any atom is -0.445 e. The van der Waals surface area contributed by atoms with Crippen molar-refractivity contribution in [3.63, 3.8) is 0 Å². The second-order valence-electron chi connectivity index (χ2n) is 6.59. The Morgan fingerprint density at radius 3 is 2.21 bits per heavy atom. The Bertz CT molecular complexity index is 824. The number of hydrogen-bond donors (Lipinski definition) is 4. The minimum absolute atomic E-state index is 0.0176. The van der Waals surface area contributed by atoms with Crippen LogP contribution in [0.4, 0.5) is 4.79 Å². The largest absolute Gasteiger partial charge is 0.445 e. The minimum atomic E-state index is -1.28. The van der Waals surface area contributed by atoms with Crippen LogP contribution in [0.5, 0.6) is 0 Å². The van der Waals surface area contributed by atoms with Gasteiger partial charge in [-0.1, -0.05) is 60.2 Å². The first-order chi connectivity index (χ1) is 13.9. The Balaban J connectivity index is 1.91. The summed E-state index contributed by atoms with van der Waals surface area (Å²) in [4.78, 5) is 36.0. The summed E-state index contributed by atoms with van der Waals surface area (Å²) < 4.78 is 5.04. The summed E-state index contributed by atoms with van der Waals surface area (Å²) in [5, 5.41) is 14.2. The molecule has 0 unspecified atom stereocenters. The number of carbonyl (C=O) groups is 3. The lowest BCUT2D eigenvalue weighted by Crippen LogP contribution is -2.54. The molecule has 0 aliphatic rings. The number of nitrogens with two attached hydrogens (primary N) is 1. The van der Waals surface area contributed by atoms with Crippen LogP contribution in [-0.2, 0) is 27.4 Å². The van der Waals surface area contributed by atoms with E-state index in [9.17, 15) is 19.5 Å². The van der Waals surface area contributed by atoms with Gasteiger partial charge in [0, 0.05) is 6.42 Å². The van der Waals surface area contributed by atoms with Gasteiger partial charge >= 0.3 is 6.09 Å². The summed E-state index contributed by atoms with van der Waals surface area (Å²) in [5.41, 5.74) is 8.04. The zero-order valence-corrected chi connectivity index (χ0v) is 16.1. The topological polar surface area (TPSA) is 131 Å². The Hall–Kier alpha value is -3.39. The monoisotopic (exact) mass is 399 g/mol. The van der Waals surface area contributed by atoms with E-state index < -0.39 is 36.6 Å². The number of alkyl carbamates (subject to hydrolysis) is 1. The average molecular weight is 399 g/mol. The fourth-order valence-electron chi connectivity index (χ4n) is 2.56. The molecule has 2 rings (SSSR count). The highest BCUT2D eigenvalue weighted by Crippen LogP contribution is 2.07. The predicted octanol–water partition coefficient (Wildman–Crippen LogP) is 0.795. The van der Waals surface area contributed by atoms with Crippen molar-refractivity contribution in [1.29, 1.82) is 0 Å². The van der Waals surface area contributed by atoms with Crippen LogP contribution >= 0.6 is 0 Å². The van der Waals surface area contributed by atoms with Crippen molar-refractivity contribution >= 4 is 17.9 Å². The molecule has 8 nitrogen and oxygen atoms in total. The first-order valence-electron chi connectivity index (χ1n) is 9.12. The fraction of sp³-hybridized carbons (Fsp3) is 0.286. The van der Waals surface area contributed by atoms with Crippen LogP contribution in [0.15, 0.2) is 54.6 Å². The number of amides is 3. The molecule has 0 fully saturated rings. The number of hydrogen-bond acceptors (Lipinski definition) is 5. The van der Waals surface area contributed by atoms with Gasteiger partial charge in [0.25, 0.3) is 0 Å². The molecule has 5 N–H and O–H groups in total. The van der Waals surface area contributed by atoms with Crippen molar-refractivity contribution in [2.24, 2.45) is 5.73 Å². The molecule has 3 amide bonds. The lowest BCUT2D eigenvalue weighted by molar-refractivity contribution is -0.129. The van der Waals surface area contributed by atoms with E-state index in [4.69, 9.17) is 10.5 Å². The fourth-order valence-corrected chi connectivity index (χ4v) is 2.56. The number of ether oxygens (including phenoxy) is 1. The van der Waals surface area contributed by atoms with Gasteiger partial charge in [-0.15, -0.1) is 0 Å². The lowest BCUT2D eigenvalue weighted by Gasteiger charge is -2.20. The van der Waals surface area contributed by atoms with E-state index in [-0.39, 0.29) is 13.0 Å². The van der Waals surface area contributed by atoms with Crippen molar-refractivity contribution in [2.45, 2.75) is 32.0 Å². The van der Waals surface area contributed by atoms with Gasteiger partial charge in [0.2, 0.25) is 11.8 Å². The van der Waals surface area contributed by atoms with Crippen molar-refractivity contribution in [2.75, 3.05) is 6.61 Å². The summed E-state index contributed by atoms with van der Waals surface area (Å²) in [6, 6.07) is 14.2. The molecule has 0 aromatic heterocycles. The molecule has 0 saturated heterocycles. The third kappa shape index (κ3) is 7.27. The Labute approximate surface area is 169 Å². The standard InChI is InChI=1S/C21H25N3O5/c1-14-7-9-15(10-8-14)11-17(19(22)26)23-20(27)18(12-25)24-21(28)29-13-16-5-3-2-4-6-16/h2-10,17-18,25H,11-13H2,1H3,(H2,22,26)(H,23,27)(H,24,28)/t17-,18+/m1/s1. The smallest absolute Gasteiger partial charge is 0.408 e. The quantitative estimate of drug-likeness (QED) is 0.495. The second kappa shape index (κ2) is 10.8. The zero-order valence-electron chi connectivity index (χ0n) is 16.1. The molecule has 29 heavy (non-hydrogen) atoms. The Morgan fingerprint density at radius 2 is 1.62 bits per heavy atom. The van der Waals surface area contributed by atoms with E-state index in [1.807, 2.05) is 37.3 Å². The van der Waals surface area contributed by atoms with Crippen molar-refractivity contribution in [1.82, 2.24) is 10.6 Å². The molecule has 2 aromatic carbocycles. The number of benzene rings is 2. The van der Waals surface area contributed by atoms with Crippen molar-refractivity contribution in [3.05, 3.63) is 71.3 Å². The van der Waals surface area contributed by atoms with Crippen LogP contribution in [0, 0.1) is 6.92 Å². The van der Waals surface area contributed by atoms with E-state index in [1.54, 1.807) is 24.3 Å². The van der Waals surface area contributed by atoms with Crippen molar-refractivity contribution < 1.29 is 24.2 Å². The van der Waals surface area contributed by atoms with Crippen LogP contribution in [0.1, 0.15) is 16.7 Å². The van der Waals surface area contributed by atoms with Crippen LogP contribution in [0.3, 0.4) is 0 Å². The molecule has 0 spiro atoms. The third-order valence-electron chi connectivity index (χ3n) is 4.22. The molecule has 0 saturated carbocycles. The first kappa shape index (κ1) is 21.9. The highest BCUT2D eigenvalue weighted by atomic mass is 16.5. The van der Waals surface area contributed by atoms with E-state index in [1.165, 1.54) is 0 Å².